The number of urea groups is 1. The van der Waals surface area contributed by atoms with E-state index in [2.05, 4.69) is 5.32 Å². The summed E-state index contributed by atoms with van der Waals surface area (Å²) in [5.41, 5.74) is 0.336. The molecule has 1 aliphatic heterocycles. The van der Waals surface area contributed by atoms with E-state index in [1.807, 2.05) is 19.1 Å². The molecule has 3 amide bonds. The number of hydrogen-bond donors (Lipinski definition) is 1. The Morgan fingerprint density at radius 3 is 2.33 bits per heavy atom. The number of aryl methyl sites for hydroxylation is 1. The Morgan fingerprint density at radius 2 is 1.70 bits per heavy atom. The van der Waals surface area contributed by atoms with Crippen molar-refractivity contribution in [3.8, 4) is 0 Å². The van der Waals surface area contributed by atoms with Crippen LogP contribution in [0.15, 0.2) is 53.4 Å². The van der Waals surface area contributed by atoms with Gasteiger partial charge in [-0.2, -0.15) is 0 Å². The molecule has 142 valence electrons. The van der Waals surface area contributed by atoms with E-state index >= 15 is 0 Å². The molecule has 0 radical (unpaired) electrons. The minimum atomic E-state index is -3.65. The highest BCUT2D eigenvalue weighted by Gasteiger charge is 2.49. The van der Waals surface area contributed by atoms with Crippen molar-refractivity contribution < 1.29 is 18.0 Å². The Morgan fingerprint density at radius 1 is 1.07 bits per heavy atom. The normalized spacial score (nSPS) is 20.0. The van der Waals surface area contributed by atoms with Crippen LogP contribution >= 0.6 is 11.6 Å². The standard InChI is InChI=1S/C19H19ClN2O4S/c1-13-5-3-4-6-16(13)19(2)17(23)22(18(24)21-19)11-12-27(25,26)15-9-7-14(20)8-10-15/h3-10H,11-12H2,1-2H3,(H,21,24). The fourth-order valence-electron chi connectivity index (χ4n) is 3.19. The molecule has 1 heterocycles. The minimum Gasteiger partial charge on any atom is -0.319 e. The number of carbonyl (C=O) groups excluding carboxylic acids is 2. The second-order valence-electron chi connectivity index (χ2n) is 6.60. The molecule has 1 unspecified atom stereocenters. The maximum atomic E-state index is 12.9. The summed E-state index contributed by atoms with van der Waals surface area (Å²) in [6.45, 7) is 3.26. The number of imide groups is 1. The molecule has 0 spiro atoms. The molecule has 27 heavy (non-hydrogen) atoms. The summed E-state index contributed by atoms with van der Waals surface area (Å²) in [6, 6.07) is 12.4. The van der Waals surface area contributed by atoms with Crippen LogP contribution in [0.25, 0.3) is 0 Å². The predicted octanol–water partition coefficient (Wildman–Crippen LogP) is 2.89. The van der Waals surface area contributed by atoms with Crippen LogP contribution in [-0.4, -0.2) is 37.6 Å². The van der Waals surface area contributed by atoms with Crippen LogP contribution in [0.1, 0.15) is 18.1 Å². The lowest BCUT2D eigenvalue weighted by atomic mass is 9.88. The molecule has 1 N–H and O–H groups in total. The first kappa shape index (κ1) is 19.4. The first-order chi connectivity index (χ1) is 12.6. The van der Waals surface area contributed by atoms with E-state index < -0.39 is 27.3 Å². The zero-order valence-corrected chi connectivity index (χ0v) is 16.5. The van der Waals surface area contributed by atoms with Gasteiger partial charge < -0.3 is 5.32 Å². The molecule has 0 aliphatic carbocycles. The number of amides is 3. The van der Waals surface area contributed by atoms with Crippen LogP contribution in [0, 0.1) is 6.92 Å². The highest BCUT2D eigenvalue weighted by atomic mass is 35.5. The molecule has 2 aromatic carbocycles. The van der Waals surface area contributed by atoms with E-state index in [4.69, 9.17) is 11.6 Å². The van der Waals surface area contributed by atoms with Crippen molar-refractivity contribution in [1.29, 1.82) is 0 Å². The van der Waals surface area contributed by atoms with Crippen molar-refractivity contribution in [1.82, 2.24) is 10.2 Å². The van der Waals surface area contributed by atoms with Crippen LogP contribution in [0.2, 0.25) is 5.02 Å². The lowest BCUT2D eigenvalue weighted by Gasteiger charge is -2.24. The number of carbonyl (C=O) groups is 2. The molecule has 0 bridgehead atoms. The van der Waals surface area contributed by atoms with Gasteiger partial charge in [-0.25, -0.2) is 13.2 Å². The van der Waals surface area contributed by atoms with Crippen molar-refractivity contribution in [2.75, 3.05) is 12.3 Å². The van der Waals surface area contributed by atoms with Gasteiger partial charge in [0.1, 0.15) is 5.54 Å². The zero-order chi connectivity index (χ0) is 19.8. The number of sulfone groups is 1. The van der Waals surface area contributed by atoms with E-state index in [0.717, 1.165) is 10.5 Å². The highest BCUT2D eigenvalue weighted by molar-refractivity contribution is 7.91. The molecule has 2 aromatic rings. The van der Waals surface area contributed by atoms with Crippen molar-refractivity contribution in [3.05, 3.63) is 64.7 Å². The zero-order valence-electron chi connectivity index (χ0n) is 14.9. The molecule has 6 nitrogen and oxygen atoms in total. The third-order valence-electron chi connectivity index (χ3n) is 4.72. The van der Waals surface area contributed by atoms with Crippen LogP contribution in [0.5, 0.6) is 0 Å². The van der Waals surface area contributed by atoms with Crippen LogP contribution < -0.4 is 5.32 Å². The monoisotopic (exact) mass is 406 g/mol. The van der Waals surface area contributed by atoms with Gasteiger partial charge in [0.15, 0.2) is 9.84 Å². The summed E-state index contributed by atoms with van der Waals surface area (Å²) in [5.74, 6) is -0.828. The third kappa shape index (κ3) is 3.57. The number of nitrogens with zero attached hydrogens (tertiary/aromatic N) is 1. The summed E-state index contributed by atoms with van der Waals surface area (Å²) in [4.78, 5) is 26.3. The van der Waals surface area contributed by atoms with Crippen molar-refractivity contribution in [3.63, 3.8) is 0 Å². The van der Waals surface area contributed by atoms with Crippen molar-refractivity contribution in [2.45, 2.75) is 24.3 Å². The Bertz CT molecular complexity index is 1000. The number of rotatable bonds is 5. The molecular formula is C19H19ClN2O4S. The molecule has 1 atom stereocenters. The summed E-state index contributed by atoms with van der Waals surface area (Å²) in [7, 11) is -3.65. The van der Waals surface area contributed by atoms with E-state index in [1.165, 1.54) is 24.3 Å². The smallest absolute Gasteiger partial charge is 0.319 e. The lowest BCUT2D eigenvalue weighted by molar-refractivity contribution is -0.130. The first-order valence-corrected chi connectivity index (χ1v) is 10.4. The molecule has 1 aliphatic rings. The average Bonchev–Trinajstić information content (AvgIpc) is 2.83. The summed E-state index contributed by atoms with van der Waals surface area (Å²) < 4.78 is 25.0. The second kappa shape index (κ2) is 6.98. The quantitative estimate of drug-likeness (QED) is 0.774. The van der Waals surface area contributed by atoms with Gasteiger partial charge in [-0.3, -0.25) is 9.69 Å². The fourth-order valence-corrected chi connectivity index (χ4v) is 4.52. The Kier molecular flexibility index (Phi) is 5.01. The molecule has 0 saturated carbocycles. The minimum absolute atomic E-state index is 0.0978. The van der Waals surface area contributed by atoms with E-state index in [-0.39, 0.29) is 17.2 Å². The van der Waals surface area contributed by atoms with Gasteiger partial charge in [-0.1, -0.05) is 35.9 Å². The maximum Gasteiger partial charge on any atom is 0.325 e. The van der Waals surface area contributed by atoms with Crippen LogP contribution in [0.4, 0.5) is 4.79 Å². The van der Waals surface area contributed by atoms with E-state index in [0.29, 0.717) is 10.6 Å². The molecule has 8 heteroatoms. The molecule has 1 fully saturated rings. The third-order valence-corrected chi connectivity index (χ3v) is 6.68. The van der Waals surface area contributed by atoms with Gasteiger partial charge in [0, 0.05) is 11.6 Å². The Balaban J connectivity index is 1.80. The van der Waals surface area contributed by atoms with Gasteiger partial charge in [0.25, 0.3) is 5.91 Å². The lowest BCUT2D eigenvalue weighted by Crippen LogP contribution is -2.42. The van der Waals surface area contributed by atoms with E-state index in [1.54, 1.807) is 19.1 Å². The first-order valence-electron chi connectivity index (χ1n) is 8.34. The predicted molar refractivity (Wildman–Crippen MR) is 102 cm³/mol. The number of hydrogen-bond acceptors (Lipinski definition) is 4. The number of nitrogens with one attached hydrogen (secondary N) is 1. The molecule has 3 rings (SSSR count). The second-order valence-corrected chi connectivity index (χ2v) is 9.15. The average molecular weight is 407 g/mol. The summed E-state index contributed by atoms with van der Waals surface area (Å²) in [5, 5.41) is 3.12. The van der Waals surface area contributed by atoms with Crippen LogP contribution in [0.3, 0.4) is 0 Å². The van der Waals surface area contributed by atoms with Crippen molar-refractivity contribution >= 4 is 33.4 Å². The molecule has 1 saturated heterocycles. The Labute approximate surface area is 163 Å². The van der Waals surface area contributed by atoms with Gasteiger partial charge in [-0.05, 0) is 49.2 Å². The van der Waals surface area contributed by atoms with Crippen LogP contribution in [-0.2, 0) is 20.2 Å². The summed E-state index contributed by atoms with van der Waals surface area (Å²) in [6.07, 6.45) is 0. The van der Waals surface area contributed by atoms with Gasteiger partial charge in [0.05, 0.1) is 10.6 Å². The molecular weight excluding hydrogens is 388 g/mol. The number of halogens is 1. The largest absolute Gasteiger partial charge is 0.325 e. The van der Waals surface area contributed by atoms with Crippen molar-refractivity contribution in [2.24, 2.45) is 0 Å². The van der Waals surface area contributed by atoms with Gasteiger partial charge in [-0.15, -0.1) is 0 Å². The highest BCUT2D eigenvalue weighted by Crippen LogP contribution is 2.31. The molecule has 0 aromatic heterocycles. The Hall–Kier alpha value is -2.38. The van der Waals surface area contributed by atoms with Gasteiger partial charge >= 0.3 is 6.03 Å². The van der Waals surface area contributed by atoms with E-state index in [9.17, 15) is 18.0 Å². The maximum absolute atomic E-state index is 12.9. The SMILES string of the molecule is Cc1ccccc1C1(C)NC(=O)N(CCS(=O)(=O)c2ccc(Cl)cc2)C1=O. The topological polar surface area (TPSA) is 83.6 Å². The fraction of sp³-hybridized carbons (Fsp3) is 0.263. The number of benzene rings is 2. The van der Waals surface area contributed by atoms with Gasteiger partial charge in [0.2, 0.25) is 0 Å². The summed E-state index contributed by atoms with van der Waals surface area (Å²) >= 11 is 5.78.